The molecule has 33 heavy (non-hydrogen) atoms. The third-order valence-corrected chi connectivity index (χ3v) is 5.92. The van der Waals surface area contributed by atoms with Gasteiger partial charge in [-0.25, -0.2) is 4.39 Å². The van der Waals surface area contributed by atoms with Crippen molar-refractivity contribution < 1.29 is 18.7 Å². The number of hydrogen-bond acceptors (Lipinski definition) is 3. The molecule has 0 aromatic heterocycles. The Morgan fingerprint density at radius 1 is 1.00 bits per heavy atom. The van der Waals surface area contributed by atoms with Crippen molar-refractivity contribution >= 4 is 23.2 Å². The first-order valence-electron chi connectivity index (χ1n) is 11.2. The molecule has 2 atom stereocenters. The lowest BCUT2D eigenvalue weighted by atomic mass is 9.89. The van der Waals surface area contributed by atoms with Crippen LogP contribution in [0.25, 0.3) is 0 Å². The summed E-state index contributed by atoms with van der Waals surface area (Å²) in [5.74, 6) is -0.0908. The highest BCUT2D eigenvalue weighted by Gasteiger charge is 2.38. The largest absolute Gasteiger partial charge is 0.484 e. The van der Waals surface area contributed by atoms with Gasteiger partial charge in [-0.2, -0.15) is 0 Å². The number of benzene rings is 3. The lowest BCUT2D eigenvalue weighted by Crippen LogP contribution is -2.48. The van der Waals surface area contributed by atoms with Crippen molar-refractivity contribution in [2.45, 2.75) is 38.8 Å². The van der Waals surface area contributed by atoms with Gasteiger partial charge in [0.2, 0.25) is 5.91 Å². The first kappa shape index (κ1) is 22.5. The molecule has 170 valence electrons. The van der Waals surface area contributed by atoms with Gasteiger partial charge in [0.05, 0.1) is 6.04 Å². The first-order chi connectivity index (χ1) is 16.0. The van der Waals surface area contributed by atoms with Gasteiger partial charge in [0.1, 0.15) is 11.6 Å². The summed E-state index contributed by atoms with van der Waals surface area (Å²) in [5, 5.41) is 0. The van der Waals surface area contributed by atoms with Crippen molar-refractivity contribution in [1.82, 2.24) is 0 Å². The maximum Gasteiger partial charge on any atom is 0.265 e. The Bertz CT molecular complexity index is 1120. The smallest absolute Gasteiger partial charge is 0.265 e. The standard InChI is InChI=1S/C27H27FN2O3/c1-3-26(31)29-19(2)17-25(23-11-7-8-12-24(23)29)30(21-9-5-4-6-10-21)27(32)18-33-22-15-13-20(28)14-16-22/h4-16,19,25H,3,17-18H2,1-2H3/t19-,25+/m0/s1. The van der Waals surface area contributed by atoms with Gasteiger partial charge in [-0.3, -0.25) is 9.59 Å². The summed E-state index contributed by atoms with van der Waals surface area (Å²) in [7, 11) is 0. The molecule has 3 aromatic rings. The Kier molecular flexibility index (Phi) is 6.73. The Hall–Kier alpha value is -3.67. The molecular weight excluding hydrogens is 419 g/mol. The van der Waals surface area contributed by atoms with Crippen molar-refractivity contribution in [2.75, 3.05) is 16.4 Å². The van der Waals surface area contributed by atoms with Crippen LogP contribution in [-0.4, -0.2) is 24.5 Å². The molecule has 6 heteroatoms. The summed E-state index contributed by atoms with van der Waals surface area (Å²) in [6.07, 6.45) is 1.01. The van der Waals surface area contributed by atoms with E-state index in [4.69, 9.17) is 4.74 Å². The van der Waals surface area contributed by atoms with Crippen LogP contribution in [0.1, 0.15) is 38.3 Å². The van der Waals surface area contributed by atoms with E-state index in [-0.39, 0.29) is 36.3 Å². The van der Waals surface area contributed by atoms with Crippen LogP contribution in [0.4, 0.5) is 15.8 Å². The van der Waals surface area contributed by atoms with Crippen LogP contribution < -0.4 is 14.5 Å². The molecule has 5 nitrogen and oxygen atoms in total. The molecule has 1 heterocycles. The monoisotopic (exact) mass is 446 g/mol. The Labute approximate surface area is 193 Å². The van der Waals surface area contributed by atoms with Crippen LogP contribution in [0.2, 0.25) is 0 Å². The lowest BCUT2D eigenvalue weighted by molar-refractivity contribution is -0.121. The number of carbonyl (C=O) groups excluding carboxylic acids is 2. The van der Waals surface area contributed by atoms with E-state index in [1.165, 1.54) is 24.3 Å². The number of para-hydroxylation sites is 2. The molecule has 1 aliphatic rings. The molecule has 0 saturated heterocycles. The summed E-state index contributed by atoms with van der Waals surface area (Å²) >= 11 is 0. The molecule has 0 spiro atoms. The Morgan fingerprint density at radius 2 is 1.67 bits per heavy atom. The summed E-state index contributed by atoms with van der Waals surface area (Å²) in [6.45, 7) is 3.68. The van der Waals surface area contributed by atoms with Crippen molar-refractivity contribution in [1.29, 1.82) is 0 Å². The molecule has 0 bridgehead atoms. The summed E-state index contributed by atoms with van der Waals surface area (Å²) in [6, 6.07) is 22.5. The highest BCUT2D eigenvalue weighted by molar-refractivity contribution is 5.98. The van der Waals surface area contributed by atoms with Crippen molar-refractivity contribution in [2.24, 2.45) is 0 Å². The van der Waals surface area contributed by atoms with Crippen molar-refractivity contribution in [3.05, 3.63) is 90.2 Å². The van der Waals surface area contributed by atoms with Gasteiger partial charge in [-0.1, -0.05) is 43.3 Å². The van der Waals surface area contributed by atoms with Crippen LogP contribution in [0.5, 0.6) is 5.75 Å². The zero-order valence-corrected chi connectivity index (χ0v) is 18.8. The molecule has 0 fully saturated rings. The third-order valence-electron chi connectivity index (χ3n) is 5.92. The Balaban J connectivity index is 1.69. The minimum atomic E-state index is -0.362. The van der Waals surface area contributed by atoms with Gasteiger partial charge in [0, 0.05) is 23.8 Å². The topological polar surface area (TPSA) is 49.9 Å². The van der Waals surface area contributed by atoms with E-state index >= 15 is 0 Å². The number of carbonyl (C=O) groups is 2. The van der Waals surface area contributed by atoms with E-state index in [9.17, 15) is 14.0 Å². The zero-order chi connectivity index (χ0) is 23.4. The van der Waals surface area contributed by atoms with Gasteiger partial charge in [0.25, 0.3) is 5.91 Å². The maximum absolute atomic E-state index is 13.5. The van der Waals surface area contributed by atoms with E-state index in [2.05, 4.69) is 0 Å². The first-order valence-corrected chi connectivity index (χ1v) is 11.2. The average molecular weight is 447 g/mol. The van der Waals surface area contributed by atoms with E-state index in [0.29, 0.717) is 18.6 Å². The lowest BCUT2D eigenvalue weighted by Gasteiger charge is -2.43. The van der Waals surface area contributed by atoms with Gasteiger partial charge >= 0.3 is 0 Å². The molecule has 4 rings (SSSR count). The third kappa shape index (κ3) is 4.75. The van der Waals surface area contributed by atoms with Crippen LogP contribution in [0.3, 0.4) is 0 Å². The molecule has 3 aromatic carbocycles. The van der Waals surface area contributed by atoms with Gasteiger partial charge in [-0.15, -0.1) is 0 Å². The number of anilines is 2. The molecule has 0 saturated carbocycles. The normalized spacial score (nSPS) is 17.2. The SMILES string of the molecule is CCC(=O)N1c2ccccc2[C@H](N(C(=O)COc2ccc(F)cc2)c2ccccc2)C[C@@H]1C. The molecule has 1 aliphatic heterocycles. The summed E-state index contributed by atoms with van der Waals surface area (Å²) in [5.41, 5.74) is 2.52. The maximum atomic E-state index is 13.5. The van der Waals surface area contributed by atoms with E-state index in [1.807, 2.05) is 73.3 Å². The quantitative estimate of drug-likeness (QED) is 0.501. The second-order valence-electron chi connectivity index (χ2n) is 8.12. The van der Waals surface area contributed by atoms with Crippen molar-refractivity contribution in [3.8, 4) is 5.75 Å². The zero-order valence-electron chi connectivity index (χ0n) is 18.8. The number of ether oxygens (including phenoxy) is 1. The Morgan fingerprint density at radius 3 is 2.36 bits per heavy atom. The van der Waals surface area contributed by atoms with E-state index in [0.717, 1.165) is 16.9 Å². The van der Waals surface area contributed by atoms with Gasteiger partial charge < -0.3 is 14.5 Å². The molecule has 0 aliphatic carbocycles. The minimum Gasteiger partial charge on any atom is -0.484 e. The fourth-order valence-corrected chi connectivity index (χ4v) is 4.41. The van der Waals surface area contributed by atoms with Crippen molar-refractivity contribution in [3.63, 3.8) is 0 Å². The predicted octanol–water partition coefficient (Wildman–Crippen LogP) is 5.51. The number of fused-ring (bicyclic) bond motifs is 1. The van der Waals surface area contributed by atoms with Crippen LogP contribution in [-0.2, 0) is 9.59 Å². The second-order valence-corrected chi connectivity index (χ2v) is 8.12. The van der Waals surface area contributed by atoms with E-state index in [1.54, 1.807) is 4.90 Å². The van der Waals surface area contributed by atoms with Gasteiger partial charge in [0.15, 0.2) is 6.61 Å². The highest BCUT2D eigenvalue weighted by atomic mass is 19.1. The molecular formula is C27H27FN2O3. The van der Waals surface area contributed by atoms with Crippen LogP contribution in [0.15, 0.2) is 78.9 Å². The van der Waals surface area contributed by atoms with Gasteiger partial charge in [-0.05, 0) is 61.4 Å². The van der Waals surface area contributed by atoms with Crippen LogP contribution >= 0.6 is 0 Å². The average Bonchev–Trinajstić information content (AvgIpc) is 2.84. The fourth-order valence-electron chi connectivity index (χ4n) is 4.41. The number of hydrogen-bond donors (Lipinski definition) is 0. The predicted molar refractivity (Wildman–Crippen MR) is 127 cm³/mol. The fraction of sp³-hybridized carbons (Fsp3) is 0.259. The number of rotatable bonds is 6. The van der Waals surface area contributed by atoms with Crippen LogP contribution in [0, 0.1) is 5.82 Å². The van der Waals surface area contributed by atoms with E-state index < -0.39 is 0 Å². The summed E-state index contributed by atoms with van der Waals surface area (Å²) < 4.78 is 18.9. The number of halogens is 1. The minimum absolute atomic E-state index is 0.0608. The number of amides is 2. The molecule has 0 N–H and O–H groups in total. The molecule has 0 unspecified atom stereocenters. The summed E-state index contributed by atoms with van der Waals surface area (Å²) in [4.78, 5) is 29.8. The molecule has 0 radical (unpaired) electrons. The highest BCUT2D eigenvalue weighted by Crippen LogP contribution is 2.42. The number of nitrogens with zero attached hydrogens (tertiary/aromatic N) is 2. The molecule has 2 amide bonds. The second kappa shape index (κ2) is 9.86.